The zero-order valence-corrected chi connectivity index (χ0v) is 9.85. The molecule has 4 nitrogen and oxygen atoms in total. The molecule has 0 saturated carbocycles. The highest BCUT2D eigenvalue weighted by Gasteiger charge is 2.09. The fraction of sp³-hybridized carbons (Fsp3) is 0.0833. The van der Waals surface area contributed by atoms with Gasteiger partial charge in [-0.05, 0) is 24.3 Å². The zero-order valence-electron chi connectivity index (χ0n) is 9.04. The molecule has 0 bridgehead atoms. The van der Waals surface area contributed by atoms with Gasteiger partial charge >= 0.3 is 0 Å². The third-order valence-corrected chi connectivity index (χ3v) is 2.23. The van der Waals surface area contributed by atoms with Crippen LogP contribution >= 0.6 is 12.4 Å². The van der Waals surface area contributed by atoms with E-state index in [1.54, 1.807) is 24.5 Å². The number of nitrogens with two attached hydrogens (primary N) is 1. The van der Waals surface area contributed by atoms with Gasteiger partial charge in [0.2, 0.25) is 0 Å². The van der Waals surface area contributed by atoms with Crippen LogP contribution in [0.25, 0.3) is 0 Å². The van der Waals surface area contributed by atoms with Crippen LogP contribution in [0.15, 0.2) is 42.7 Å². The molecule has 0 unspecified atom stereocenters. The molecule has 0 aliphatic carbocycles. The Morgan fingerprint density at radius 3 is 2.53 bits per heavy atom. The molecular formula is C12H12ClN3O. The Morgan fingerprint density at radius 2 is 1.88 bits per heavy atom. The Balaban J connectivity index is 0.00000144. The first-order chi connectivity index (χ1) is 7.77. The van der Waals surface area contributed by atoms with E-state index in [0.717, 1.165) is 5.69 Å². The van der Waals surface area contributed by atoms with Gasteiger partial charge in [-0.15, -0.1) is 12.4 Å². The number of amides is 1. The largest absolute Gasteiger partial charge is 0.366 e. The topological polar surface area (TPSA) is 68.9 Å². The first kappa shape index (κ1) is 13.1. The fourth-order valence-electron chi connectivity index (χ4n) is 1.48. The van der Waals surface area contributed by atoms with Crippen LogP contribution in [0.2, 0.25) is 0 Å². The minimum Gasteiger partial charge on any atom is -0.366 e. The summed E-state index contributed by atoms with van der Waals surface area (Å²) in [6, 6.07) is 9.00. The summed E-state index contributed by atoms with van der Waals surface area (Å²) in [7, 11) is 0. The van der Waals surface area contributed by atoms with Gasteiger partial charge < -0.3 is 5.73 Å². The molecule has 2 N–H and O–H groups in total. The Morgan fingerprint density at radius 1 is 1.12 bits per heavy atom. The molecule has 0 spiro atoms. The quantitative estimate of drug-likeness (QED) is 0.898. The number of nitrogens with zero attached hydrogens (tertiary/aromatic N) is 2. The van der Waals surface area contributed by atoms with E-state index in [9.17, 15) is 4.79 Å². The summed E-state index contributed by atoms with van der Waals surface area (Å²) >= 11 is 0. The van der Waals surface area contributed by atoms with E-state index < -0.39 is 5.91 Å². The molecule has 0 aliphatic heterocycles. The summed E-state index contributed by atoms with van der Waals surface area (Å²) in [4.78, 5) is 19.5. The molecule has 0 radical (unpaired) electrons. The molecule has 0 atom stereocenters. The molecule has 17 heavy (non-hydrogen) atoms. The maximum absolute atomic E-state index is 11.2. The van der Waals surface area contributed by atoms with Crippen molar-refractivity contribution in [3.63, 3.8) is 0 Å². The van der Waals surface area contributed by atoms with Gasteiger partial charge in [0.1, 0.15) is 0 Å². The van der Waals surface area contributed by atoms with E-state index in [1.165, 1.54) is 0 Å². The van der Waals surface area contributed by atoms with Crippen LogP contribution < -0.4 is 5.73 Å². The standard InChI is InChI=1S/C12H11N3O.ClH/c13-12(16)10-5-3-7-15-11(10)8-9-4-1-2-6-14-9;/h1-7H,8H2,(H2,13,16);1H. The van der Waals surface area contributed by atoms with Crippen LogP contribution in [-0.2, 0) is 6.42 Å². The van der Waals surface area contributed by atoms with Gasteiger partial charge in [-0.3, -0.25) is 14.8 Å². The van der Waals surface area contributed by atoms with E-state index in [2.05, 4.69) is 9.97 Å². The highest BCUT2D eigenvalue weighted by atomic mass is 35.5. The van der Waals surface area contributed by atoms with Gasteiger partial charge in [-0.2, -0.15) is 0 Å². The van der Waals surface area contributed by atoms with Crippen LogP contribution in [-0.4, -0.2) is 15.9 Å². The molecule has 1 amide bonds. The fourth-order valence-corrected chi connectivity index (χ4v) is 1.48. The van der Waals surface area contributed by atoms with Crippen molar-refractivity contribution >= 4 is 18.3 Å². The lowest BCUT2D eigenvalue weighted by atomic mass is 10.1. The van der Waals surface area contributed by atoms with E-state index in [4.69, 9.17) is 5.73 Å². The molecular weight excluding hydrogens is 238 g/mol. The van der Waals surface area contributed by atoms with E-state index in [-0.39, 0.29) is 12.4 Å². The average molecular weight is 250 g/mol. The average Bonchev–Trinajstić information content (AvgIpc) is 2.31. The Hall–Kier alpha value is -1.94. The second kappa shape index (κ2) is 5.96. The number of carbonyl (C=O) groups excluding carboxylic acids is 1. The molecule has 5 heteroatoms. The molecule has 88 valence electrons. The maximum atomic E-state index is 11.2. The predicted molar refractivity (Wildman–Crippen MR) is 67.0 cm³/mol. The van der Waals surface area contributed by atoms with Crippen molar-refractivity contribution in [3.8, 4) is 0 Å². The number of hydrogen-bond acceptors (Lipinski definition) is 3. The van der Waals surface area contributed by atoms with Crippen molar-refractivity contribution in [2.45, 2.75) is 6.42 Å². The number of halogens is 1. The third kappa shape index (κ3) is 3.26. The molecule has 2 aromatic rings. The SMILES string of the molecule is Cl.NC(=O)c1cccnc1Cc1ccccn1. The van der Waals surface area contributed by atoms with Gasteiger partial charge in [0.15, 0.2) is 0 Å². The molecule has 0 aromatic carbocycles. The second-order valence-corrected chi connectivity index (χ2v) is 3.36. The normalized spacial score (nSPS) is 9.41. The predicted octanol–water partition coefficient (Wildman–Crippen LogP) is 1.59. The van der Waals surface area contributed by atoms with E-state index in [1.807, 2.05) is 18.2 Å². The summed E-state index contributed by atoms with van der Waals surface area (Å²) in [6.45, 7) is 0. The molecule has 2 aromatic heterocycles. The smallest absolute Gasteiger partial charge is 0.250 e. The third-order valence-electron chi connectivity index (χ3n) is 2.23. The van der Waals surface area contributed by atoms with Gasteiger partial charge in [-0.25, -0.2) is 0 Å². The van der Waals surface area contributed by atoms with Crippen molar-refractivity contribution < 1.29 is 4.79 Å². The number of pyridine rings is 2. The van der Waals surface area contributed by atoms with Gasteiger partial charge in [0.05, 0.1) is 11.3 Å². The lowest BCUT2D eigenvalue weighted by molar-refractivity contribution is 0.0999. The molecule has 0 aliphatic rings. The first-order valence-electron chi connectivity index (χ1n) is 4.91. The number of hydrogen-bond donors (Lipinski definition) is 1. The van der Waals surface area contributed by atoms with Crippen molar-refractivity contribution in [1.29, 1.82) is 0 Å². The highest BCUT2D eigenvalue weighted by molar-refractivity contribution is 5.93. The monoisotopic (exact) mass is 249 g/mol. The summed E-state index contributed by atoms with van der Waals surface area (Å²) in [5.41, 5.74) is 7.25. The van der Waals surface area contributed by atoms with E-state index >= 15 is 0 Å². The van der Waals surface area contributed by atoms with Gasteiger partial charge in [0, 0.05) is 24.5 Å². The summed E-state index contributed by atoms with van der Waals surface area (Å²) in [5, 5.41) is 0. The van der Waals surface area contributed by atoms with Crippen LogP contribution in [0, 0.1) is 0 Å². The van der Waals surface area contributed by atoms with Gasteiger partial charge in [-0.1, -0.05) is 6.07 Å². The van der Waals surface area contributed by atoms with Gasteiger partial charge in [0.25, 0.3) is 5.91 Å². The minimum atomic E-state index is -0.459. The lowest BCUT2D eigenvalue weighted by Gasteiger charge is -2.04. The molecule has 0 fully saturated rings. The number of primary amides is 1. The number of aromatic nitrogens is 2. The summed E-state index contributed by atoms with van der Waals surface area (Å²) in [6.07, 6.45) is 3.87. The number of carbonyl (C=O) groups is 1. The molecule has 2 rings (SSSR count). The Kier molecular flexibility index (Phi) is 4.60. The number of rotatable bonds is 3. The first-order valence-corrected chi connectivity index (χ1v) is 4.91. The van der Waals surface area contributed by atoms with Crippen LogP contribution in [0.1, 0.15) is 21.7 Å². The van der Waals surface area contributed by atoms with Crippen molar-refractivity contribution in [2.75, 3.05) is 0 Å². The van der Waals surface area contributed by atoms with Crippen molar-refractivity contribution in [1.82, 2.24) is 9.97 Å². The van der Waals surface area contributed by atoms with Crippen molar-refractivity contribution in [2.24, 2.45) is 5.73 Å². The maximum Gasteiger partial charge on any atom is 0.250 e. The van der Waals surface area contributed by atoms with Crippen LogP contribution in [0.3, 0.4) is 0 Å². The van der Waals surface area contributed by atoms with E-state index in [0.29, 0.717) is 17.7 Å². The lowest BCUT2D eigenvalue weighted by Crippen LogP contribution is -2.15. The minimum absolute atomic E-state index is 0. The summed E-state index contributed by atoms with van der Waals surface area (Å²) < 4.78 is 0. The zero-order chi connectivity index (χ0) is 11.4. The van der Waals surface area contributed by atoms with Crippen LogP contribution in [0.5, 0.6) is 0 Å². The Labute approximate surface area is 105 Å². The molecule has 0 saturated heterocycles. The second-order valence-electron chi connectivity index (χ2n) is 3.36. The summed E-state index contributed by atoms with van der Waals surface area (Å²) in [5.74, 6) is -0.459. The highest BCUT2D eigenvalue weighted by Crippen LogP contribution is 2.09. The Bertz CT molecular complexity index is 502. The van der Waals surface area contributed by atoms with Crippen LogP contribution in [0.4, 0.5) is 0 Å². The molecule has 2 heterocycles. The van der Waals surface area contributed by atoms with Crippen molar-refractivity contribution in [3.05, 3.63) is 59.7 Å².